The number of aromatic nitrogens is 1. The summed E-state index contributed by atoms with van der Waals surface area (Å²) in [5.74, 6) is 0. The SMILES string of the molecule is C=CCCC(C)Nc1cccnc1. The van der Waals surface area contributed by atoms with Crippen molar-refractivity contribution in [1.82, 2.24) is 4.98 Å². The van der Waals surface area contributed by atoms with Crippen LogP contribution in [0, 0.1) is 0 Å². The highest BCUT2D eigenvalue weighted by molar-refractivity contribution is 5.40. The van der Waals surface area contributed by atoms with Crippen LogP contribution in [0.3, 0.4) is 0 Å². The van der Waals surface area contributed by atoms with Crippen molar-refractivity contribution in [2.24, 2.45) is 0 Å². The van der Waals surface area contributed by atoms with Crippen LogP contribution in [0.2, 0.25) is 0 Å². The second-order valence-electron chi connectivity index (χ2n) is 3.15. The Labute approximate surface area is 79.7 Å². The van der Waals surface area contributed by atoms with Crippen molar-refractivity contribution in [3.63, 3.8) is 0 Å². The molecule has 0 amide bonds. The number of hydrogen-bond acceptors (Lipinski definition) is 2. The molecule has 0 aliphatic carbocycles. The third-order valence-corrected chi connectivity index (χ3v) is 1.88. The molecule has 0 aliphatic heterocycles. The molecule has 1 heterocycles. The van der Waals surface area contributed by atoms with Gasteiger partial charge in [-0.15, -0.1) is 6.58 Å². The summed E-state index contributed by atoms with van der Waals surface area (Å²) in [6.45, 7) is 5.86. The molecule has 0 fully saturated rings. The van der Waals surface area contributed by atoms with Crippen LogP contribution in [0.15, 0.2) is 37.2 Å². The van der Waals surface area contributed by atoms with Crippen molar-refractivity contribution in [2.75, 3.05) is 5.32 Å². The highest BCUT2D eigenvalue weighted by atomic mass is 14.9. The van der Waals surface area contributed by atoms with Crippen molar-refractivity contribution in [2.45, 2.75) is 25.8 Å². The van der Waals surface area contributed by atoms with Crippen LogP contribution in [0.5, 0.6) is 0 Å². The summed E-state index contributed by atoms with van der Waals surface area (Å²) in [5, 5.41) is 3.37. The first-order chi connectivity index (χ1) is 6.33. The fourth-order valence-electron chi connectivity index (χ4n) is 1.17. The van der Waals surface area contributed by atoms with E-state index in [2.05, 4.69) is 23.8 Å². The van der Waals surface area contributed by atoms with E-state index in [1.165, 1.54) is 0 Å². The third kappa shape index (κ3) is 3.74. The Balaban J connectivity index is 2.36. The van der Waals surface area contributed by atoms with E-state index in [-0.39, 0.29) is 0 Å². The van der Waals surface area contributed by atoms with Gasteiger partial charge in [0, 0.05) is 18.4 Å². The molecule has 1 N–H and O–H groups in total. The minimum absolute atomic E-state index is 0.474. The zero-order valence-corrected chi connectivity index (χ0v) is 8.03. The van der Waals surface area contributed by atoms with Gasteiger partial charge in [0.1, 0.15) is 0 Å². The predicted octanol–water partition coefficient (Wildman–Crippen LogP) is 2.85. The molecule has 0 radical (unpaired) electrons. The molecule has 1 aromatic heterocycles. The Kier molecular flexibility index (Phi) is 4.03. The van der Waals surface area contributed by atoms with Gasteiger partial charge in [0.15, 0.2) is 0 Å². The van der Waals surface area contributed by atoms with Crippen LogP contribution in [-0.2, 0) is 0 Å². The van der Waals surface area contributed by atoms with E-state index < -0.39 is 0 Å². The molecule has 70 valence electrons. The zero-order chi connectivity index (χ0) is 9.52. The van der Waals surface area contributed by atoms with Gasteiger partial charge in [-0.2, -0.15) is 0 Å². The molecule has 0 aromatic carbocycles. The average molecular weight is 176 g/mol. The molecule has 0 aliphatic rings. The lowest BCUT2D eigenvalue weighted by molar-refractivity contribution is 0.718. The van der Waals surface area contributed by atoms with E-state index in [0.717, 1.165) is 18.5 Å². The van der Waals surface area contributed by atoms with Crippen molar-refractivity contribution >= 4 is 5.69 Å². The maximum atomic E-state index is 4.04. The first-order valence-corrected chi connectivity index (χ1v) is 4.60. The maximum absolute atomic E-state index is 4.04. The second kappa shape index (κ2) is 5.36. The van der Waals surface area contributed by atoms with Crippen LogP contribution in [0.25, 0.3) is 0 Å². The van der Waals surface area contributed by atoms with Crippen LogP contribution in [0.4, 0.5) is 5.69 Å². The lowest BCUT2D eigenvalue weighted by Gasteiger charge is -2.13. The van der Waals surface area contributed by atoms with E-state index in [1.54, 1.807) is 6.20 Å². The topological polar surface area (TPSA) is 24.9 Å². The molecule has 0 spiro atoms. The van der Waals surface area contributed by atoms with E-state index in [9.17, 15) is 0 Å². The highest BCUT2D eigenvalue weighted by Crippen LogP contribution is 2.08. The molecule has 0 bridgehead atoms. The van der Waals surface area contributed by atoms with Gasteiger partial charge in [-0.25, -0.2) is 0 Å². The summed E-state index contributed by atoms with van der Waals surface area (Å²) in [6, 6.07) is 4.43. The Hall–Kier alpha value is -1.31. The first kappa shape index (κ1) is 9.78. The summed E-state index contributed by atoms with van der Waals surface area (Å²) in [5.41, 5.74) is 1.08. The van der Waals surface area contributed by atoms with E-state index in [0.29, 0.717) is 6.04 Å². The minimum Gasteiger partial charge on any atom is -0.381 e. The maximum Gasteiger partial charge on any atom is 0.0528 e. The van der Waals surface area contributed by atoms with E-state index in [4.69, 9.17) is 0 Å². The molecule has 0 saturated carbocycles. The van der Waals surface area contributed by atoms with Crippen LogP contribution >= 0.6 is 0 Å². The average Bonchev–Trinajstić information content (AvgIpc) is 2.16. The van der Waals surface area contributed by atoms with Gasteiger partial charge in [-0.05, 0) is 31.9 Å². The van der Waals surface area contributed by atoms with Gasteiger partial charge in [0.05, 0.1) is 5.69 Å². The Morgan fingerprint density at radius 3 is 3.15 bits per heavy atom. The van der Waals surface area contributed by atoms with Crippen molar-refractivity contribution in [1.29, 1.82) is 0 Å². The monoisotopic (exact) mass is 176 g/mol. The standard InChI is InChI=1S/C11H16N2/c1-3-4-6-10(2)13-11-7-5-8-12-9-11/h3,5,7-10,13H,1,4,6H2,2H3. The van der Waals surface area contributed by atoms with Gasteiger partial charge in [-0.1, -0.05) is 6.08 Å². The van der Waals surface area contributed by atoms with Gasteiger partial charge < -0.3 is 5.32 Å². The Morgan fingerprint density at radius 1 is 1.69 bits per heavy atom. The first-order valence-electron chi connectivity index (χ1n) is 4.60. The molecule has 2 nitrogen and oxygen atoms in total. The molecule has 2 heteroatoms. The number of anilines is 1. The van der Waals surface area contributed by atoms with Gasteiger partial charge >= 0.3 is 0 Å². The van der Waals surface area contributed by atoms with Crippen molar-refractivity contribution in [3.8, 4) is 0 Å². The Bertz CT molecular complexity index is 244. The minimum atomic E-state index is 0.474. The lowest BCUT2D eigenvalue weighted by atomic mass is 10.2. The third-order valence-electron chi connectivity index (χ3n) is 1.88. The largest absolute Gasteiger partial charge is 0.381 e. The molecular formula is C11H16N2. The predicted molar refractivity (Wildman–Crippen MR) is 56.8 cm³/mol. The highest BCUT2D eigenvalue weighted by Gasteiger charge is 1.99. The summed E-state index contributed by atoms with van der Waals surface area (Å²) in [7, 11) is 0. The fraction of sp³-hybridized carbons (Fsp3) is 0.364. The van der Waals surface area contributed by atoms with Crippen molar-refractivity contribution < 1.29 is 0 Å². The van der Waals surface area contributed by atoms with E-state index >= 15 is 0 Å². The van der Waals surface area contributed by atoms with Crippen LogP contribution < -0.4 is 5.32 Å². The quantitative estimate of drug-likeness (QED) is 0.698. The van der Waals surface area contributed by atoms with Gasteiger partial charge in [-0.3, -0.25) is 4.98 Å². The smallest absolute Gasteiger partial charge is 0.0528 e. The number of nitrogens with one attached hydrogen (secondary N) is 1. The zero-order valence-electron chi connectivity index (χ0n) is 8.03. The fourth-order valence-corrected chi connectivity index (χ4v) is 1.17. The summed E-state index contributed by atoms with van der Waals surface area (Å²) in [6.07, 6.45) is 7.72. The normalized spacial score (nSPS) is 12.1. The lowest BCUT2D eigenvalue weighted by Crippen LogP contribution is -2.14. The molecule has 1 rings (SSSR count). The summed E-state index contributed by atoms with van der Waals surface area (Å²) in [4.78, 5) is 4.04. The number of rotatable bonds is 5. The van der Waals surface area contributed by atoms with E-state index in [1.807, 2.05) is 24.4 Å². The number of allylic oxidation sites excluding steroid dienone is 1. The summed E-state index contributed by atoms with van der Waals surface area (Å²) >= 11 is 0. The molecule has 1 aromatic rings. The van der Waals surface area contributed by atoms with Crippen LogP contribution in [-0.4, -0.2) is 11.0 Å². The number of nitrogens with zero attached hydrogens (tertiary/aromatic N) is 1. The van der Waals surface area contributed by atoms with Crippen LogP contribution in [0.1, 0.15) is 19.8 Å². The Morgan fingerprint density at radius 2 is 2.54 bits per heavy atom. The summed E-state index contributed by atoms with van der Waals surface area (Å²) < 4.78 is 0. The molecule has 1 unspecified atom stereocenters. The molecule has 1 atom stereocenters. The number of hydrogen-bond donors (Lipinski definition) is 1. The second-order valence-corrected chi connectivity index (χ2v) is 3.15. The molecule has 13 heavy (non-hydrogen) atoms. The van der Waals surface area contributed by atoms with Gasteiger partial charge in [0.25, 0.3) is 0 Å². The molecular weight excluding hydrogens is 160 g/mol. The van der Waals surface area contributed by atoms with Crippen molar-refractivity contribution in [3.05, 3.63) is 37.2 Å². The van der Waals surface area contributed by atoms with Gasteiger partial charge in [0.2, 0.25) is 0 Å². The number of pyridine rings is 1. The molecule has 0 saturated heterocycles.